The van der Waals surface area contributed by atoms with Crippen molar-refractivity contribution in [1.82, 2.24) is 0 Å². The van der Waals surface area contributed by atoms with E-state index in [0.29, 0.717) is 18.1 Å². The number of Topliss-reactive ketones (excluding diaryl/α,β-unsaturated/α-hetero) is 1. The smallest absolute Gasteiger partial charge is 0.163 e. The number of allylic oxidation sites excluding steroid dienone is 1. The van der Waals surface area contributed by atoms with Crippen LogP contribution in [0.4, 0.5) is 0 Å². The van der Waals surface area contributed by atoms with Crippen LogP contribution in [-0.4, -0.2) is 18.7 Å². The Morgan fingerprint density at radius 3 is 2.46 bits per heavy atom. The molecule has 0 amide bonds. The first-order valence-corrected chi connectivity index (χ1v) is 7.63. The maximum absolute atomic E-state index is 11.5. The van der Waals surface area contributed by atoms with Crippen molar-refractivity contribution in [3.05, 3.63) is 65.7 Å². The fourth-order valence-electron chi connectivity index (χ4n) is 2.14. The van der Waals surface area contributed by atoms with Gasteiger partial charge in [0.05, 0.1) is 13.5 Å². The van der Waals surface area contributed by atoms with E-state index in [-0.39, 0.29) is 18.0 Å². The van der Waals surface area contributed by atoms with Gasteiger partial charge in [-0.25, -0.2) is 0 Å². The third-order valence-electron chi connectivity index (χ3n) is 3.31. The van der Waals surface area contributed by atoms with E-state index in [1.54, 1.807) is 25.3 Å². The number of methoxy groups -OCH3 is 1. The molecule has 0 aliphatic carbocycles. The lowest BCUT2D eigenvalue weighted by Gasteiger charge is -2.11. The van der Waals surface area contributed by atoms with E-state index in [4.69, 9.17) is 9.47 Å². The molecule has 0 aliphatic rings. The molecule has 0 unspecified atom stereocenters. The molecule has 0 N–H and O–H groups in total. The molecule has 0 aromatic heterocycles. The van der Waals surface area contributed by atoms with Gasteiger partial charge in [-0.3, -0.25) is 9.59 Å². The van der Waals surface area contributed by atoms with Gasteiger partial charge in [0.1, 0.15) is 12.4 Å². The Bertz CT molecular complexity index is 733. The Kier molecular flexibility index (Phi) is 6.32. The van der Waals surface area contributed by atoms with Crippen LogP contribution in [0.2, 0.25) is 0 Å². The van der Waals surface area contributed by atoms with Gasteiger partial charge in [0, 0.05) is 0 Å². The fraction of sp³-hybridized carbons (Fsp3) is 0.200. The summed E-state index contributed by atoms with van der Waals surface area (Å²) in [6.45, 7) is 1.84. The van der Waals surface area contributed by atoms with Crippen LogP contribution in [0, 0.1) is 0 Å². The second-order valence-corrected chi connectivity index (χ2v) is 5.36. The van der Waals surface area contributed by atoms with Crippen molar-refractivity contribution >= 4 is 17.6 Å². The molecule has 2 rings (SSSR count). The summed E-state index contributed by atoms with van der Waals surface area (Å²) in [5.74, 6) is 0.860. The summed E-state index contributed by atoms with van der Waals surface area (Å²) in [4.78, 5) is 22.5. The number of carbonyl (C=O) groups excluding carboxylic acids is 2. The predicted molar refractivity (Wildman–Crippen MR) is 93.1 cm³/mol. The molecule has 0 saturated heterocycles. The van der Waals surface area contributed by atoms with Crippen LogP contribution < -0.4 is 9.47 Å². The molecule has 124 valence electrons. The summed E-state index contributed by atoms with van der Waals surface area (Å²) in [5.41, 5.74) is 1.87. The summed E-state index contributed by atoms with van der Waals surface area (Å²) >= 11 is 0. The second kappa shape index (κ2) is 8.67. The Morgan fingerprint density at radius 1 is 1.04 bits per heavy atom. The molecule has 2 aromatic carbocycles. The van der Waals surface area contributed by atoms with Crippen molar-refractivity contribution in [2.45, 2.75) is 20.0 Å². The van der Waals surface area contributed by atoms with Gasteiger partial charge in [-0.1, -0.05) is 42.5 Å². The van der Waals surface area contributed by atoms with Gasteiger partial charge in [0.25, 0.3) is 0 Å². The molecule has 4 nitrogen and oxygen atoms in total. The fourth-order valence-corrected chi connectivity index (χ4v) is 2.14. The average molecular weight is 324 g/mol. The summed E-state index contributed by atoms with van der Waals surface area (Å²) in [5, 5.41) is 0. The maximum Gasteiger partial charge on any atom is 0.163 e. The summed E-state index contributed by atoms with van der Waals surface area (Å²) in [7, 11) is 1.57. The molecular weight excluding hydrogens is 304 g/mol. The maximum atomic E-state index is 11.5. The van der Waals surface area contributed by atoms with Gasteiger partial charge in [-0.05, 0) is 36.3 Å². The molecule has 0 aliphatic heterocycles. The number of hydrogen-bond donors (Lipinski definition) is 0. The zero-order valence-electron chi connectivity index (χ0n) is 13.8. The van der Waals surface area contributed by atoms with Gasteiger partial charge < -0.3 is 9.47 Å². The molecule has 24 heavy (non-hydrogen) atoms. The SMILES string of the molecule is COc1cc(C=CC(=O)CC(C)=O)ccc1OCc1ccccc1. The summed E-state index contributed by atoms with van der Waals surface area (Å²) in [6.07, 6.45) is 2.99. The molecule has 0 atom stereocenters. The van der Waals surface area contributed by atoms with Gasteiger partial charge in [0.15, 0.2) is 17.3 Å². The lowest BCUT2D eigenvalue weighted by atomic mass is 10.1. The molecule has 0 bridgehead atoms. The van der Waals surface area contributed by atoms with E-state index in [9.17, 15) is 9.59 Å². The highest BCUT2D eigenvalue weighted by Gasteiger charge is 2.06. The quantitative estimate of drug-likeness (QED) is 0.547. The van der Waals surface area contributed by atoms with E-state index in [1.165, 1.54) is 13.0 Å². The van der Waals surface area contributed by atoms with E-state index in [0.717, 1.165) is 11.1 Å². The Morgan fingerprint density at radius 2 is 1.79 bits per heavy atom. The first kappa shape index (κ1) is 17.5. The first-order valence-electron chi connectivity index (χ1n) is 7.63. The largest absolute Gasteiger partial charge is 0.493 e. The van der Waals surface area contributed by atoms with E-state index in [1.807, 2.05) is 36.4 Å². The van der Waals surface area contributed by atoms with E-state index in [2.05, 4.69) is 0 Å². The number of benzene rings is 2. The van der Waals surface area contributed by atoms with Gasteiger partial charge in [-0.2, -0.15) is 0 Å². The molecule has 0 radical (unpaired) electrons. The number of hydrogen-bond acceptors (Lipinski definition) is 4. The van der Waals surface area contributed by atoms with Crippen LogP contribution in [0.3, 0.4) is 0 Å². The minimum absolute atomic E-state index is 0.0775. The van der Waals surface area contributed by atoms with Gasteiger partial charge in [0.2, 0.25) is 0 Å². The third-order valence-corrected chi connectivity index (χ3v) is 3.31. The van der Waals surface area contributed by atoms with Crippen molar-refractivity contribution in [2.75, 3.05) is 7.11 Å². The van der Waals surface area contributed by atoms with Crippen LogP contribution in [0.1, 0.15) is 24.5 Å². The van der Waals surface area contributed by atoms with Crippen LogP contribution in [0.15, 0.2) is 54.6 Å². The van der Waals surface area contributed by atoms with Crippen molar-refractivity contribution in [1.29, 1.82) is 0 Å². The lowest BCUT2D eigenvalue weighted by molar-refractivity contribution is -0.123. The topological polar surface area (TPSA) is 52.6 Å². The molecule has 4 heteroatoms. The van der Waals surface area contributed by atoms with Crippen LogP contribution in [0.5, 0.6) is 11.5 Å². The predicted octanol–water partition coefficient (Wildman–Crippen LogP) is 3.84. The Labute approximate surface area is 141 Å². The van der Waals surface area contributed by atoms with E-state index < -0.39 is 0 Å². The monoisotopic (exact) mass is 324 g/mol. The summed E-state index contributed by atoms with van der Waals surface area (Å²) in [6, 6.07) is 15.3. The summed E-state index contributed by atoms with van der Waals surface area (Å²) < 4.78 is 11.1. The molecule has 0 saturated carbocycles. The minimum Gasteiger partial charge on any atom is -0.493 e. The Balaban J connectivity index is 2.05. The molecular formula is C20H20O4. The highest BCUT2D eigenvalue weighted by Crippen LogP contribution is 2.29. The van der Waals surface area contributed by atoms with Crippen LogP contribution in [-0.2, 0) is 16.2 Å². The average Bonchev–Trinajstić information content (AvgIpc) is 2.58. The number of carbonyl (C=O) groups is 2. The lowest BCUT2D eigenvalue weighted by Crippen LogP contribution is -2.00. The number of rotatable bonds is 8. The standard InChI is InChI=1S/C20H20O4/c1-15(21)12-18(22)10-8-16-9-11-19(20(13-16)23-2)24-14-17-6-4-3-5-7-17/h3-11,13H,12,14H2,1-2H3. The zero-order valence-corrected chi connectivity index (χ0v) is 13.8. The number of ketones is 2. The molecule has 0 fully saturated rings. The van der Waals surface area contributed by atoms with E-state index >= 15 is 0 Å². The molecule has 0 spiro atoms. The van der Waals surface area contributed by atoms with Crippen molar-refractivity contribution in [3.8, 4) is 11.5 Å². The minimum atomic E-state index is -0.217. The Hall–Kier alpha value is -2.88. The van der Waals surface area contributed by atoms with Crippen molar-refractivity contribution in [3.63, 3.8) is 0 Å². The van der Waals surface area contributed by atoms with Crippen LogP contribution >= 0.6 is 0 Å². The number of ether oxygens (including phenoxy) is 2. The molecule has 0 heterocycles. The van der Waals surface area contributed by atoms with Crippen molar-refractivity contribution in [2.24, 2.45) is 0 Å². The van der Waals surface area contributed by atoms with Gasteiger partial charge >= 0.3 is 0 Å². The normalized spacial score (nSPS) is 10.6. The second-order valence-electron chi connectivity index (χ2n) is 5.36. The van der Waals surface area contributed by atoms with Gasteiger partial charge in [-0.15, -0.1) is 0 Å². The first-order chi connectivity index (χ1) is 11.6. The molecule has 2 aromatic rings. The third kappa shape index (κ3) is 5.39. The highest BCUT2D eigenvalue weighted by atomic mass is 16.5. The zero-order chi connectivity index (χ0) is 17.4. The highest BCUT2D eigenvalue weighted by molar-refractivity contribution is 6.05. The van der Waals surface area contributed by atoms with Crippen molar-refractivity contribution < 1.29 is 19.1 Å². The van der Waals surface area contributed by atoms with Crippen LogP contribution in [0.25, 0.3) is 6.08 Å².